The molecule has 1 N–H and O–H groups in total. The molecule has 1 aromatic carbocycles. The van der Waals surface area contributed by atoms with Crippen LogP contribution in [0.4, 0.5) is 4.79 Å². The Bertz CT molecular complexity index is 1160. The summed E-state index contributed by atoms with van der Waals surface area (Å²) in [5.41, 5.74) is 4.62. The zero-order chi connectivity index (χ0) is 27.6. The number of carbonyl (C=O) groups is 1. The molecule has 0 spiro atoms. The number of fused-ring (bicyclic) bond motifs is 2. The molecule has 206 valence electrons. The summed E-state index contributed by atoms with van der Waals surface area (Å²) in [5.74, 6) is 1.03. The minimum Gasteiger partial charge on any atom is -0.444 e. The molecular weight excluding hydrogens is 542 g/mol. The van der Waals surface area contributed by atoms with Gasteiger partial charge in [-0.3, -0.25) is 9.89 Å². The molecule has 2 unspecified atom stereocenters. The number of allylic oxidation sites excluding steroid dienone is 2. The molecule has 1 fully saturated rings. The van der Waals surface area contributed by atoms with E-state index in [4.69, 9.17) is 4.74 Å². The zero-order valence-corrected chi connectivity index (χ0v) is 25.4. The van der Waals surface area contributed by atoms with Crippen molar-refractivity contribution in [3.63, 3.8) is 0 Å². The van der Waals surface area contributed by atoms with E-state index in [2.05, 4.69) is 99.4 Å². The molecule has 0 radical (unpaired) electrons. The molecule has 8 heteroatoms. The number of piperazine rings is 1. The number of dihydropyridines is 1. The van der Waals surface area contributed by atoms with Crippen LogP contribution < -0.4 is 5.32 Å². The molecule has 2 atom stereocenters. The summed E-state index contributed by atoms with van der Waals surface area (Å²) in [6, 6.07) is 9.25. The van der Waals surface area contributed by atoms with E-state index in [0.717, 1.165) is 30.0 Å². The zero-order valence-electron chi connectivity index (χ0n) is 23.8. The lowest BCUT2D eigenvalue weighted by Crippen LogP contribution is -2.54. The average Bonchev–Trinajstić information content (AvgIpc) is 2.99. The van der Waals surface area contributed by atoms with Crippen molar-refractivity contribution in [1.82, 2.24) is 20.0 Å². The second-order valence-electron chi connectivity index (χ2n) is 11.5. The number of nitrogens with zero attached hydrogens (tertiary/aromatic N) is 4. The third-order valence-corrected chi connectivity index (χ3v) is 7.88. The van der Waals surface area contributed by atoms with Crippen LogP contribution in [0.3, 0.4) is 0 Å². The highest BCUT2D eigenvalue weighted by Gasteiger charge is 2.39. The van der Waals surface area contributed by atoms with E-state index < -0.39 is 5.60 Å². The van der Waals surface area contributed by atoms with Gasteiger partial charge in [-0.2, -0.15) is 0 Å². The van der Waals surface area contributed by atoms with Crippen LogP contribution in [-0.2, 0) is 4.74 Å². The quantitative estimate of drug-likeness (QED) is 0.371. The molecule has 2 heterocycles. The first kappa shape index (κ1) is 28.4. The summed E-state index contributed by atoms with van der Waals surface area (Å²) in [7, 11) is 1.86. The molecule has 38 heavy (non-hydrogen) atoms. The molecule has 0 aromatic heterocycles. The number of hydrogen-bond acceptors (Lipinski definition) is 5. The van der Waals surface area contributed by atoms with Crippen molar-refractivity contribution in [3.8, 4) is 0 Å². The van der Waals surface area contributed by atoms with Gasteiger partial charge < -0.3 is 19.9 Å². The predicted molar refractivity (Wildman–Crippen MR) is 159 cm³/mol. The number of halogens is 1. The van der Waals surface area contributed by atoms with Crippen LogP contribution in [0.1, 0.15) is 58.7 Å². The highest BCUT2D eigenvalue weighted by molar-refractivity contribution is 9.11. The smallest absolute Gasteiger partial charge is 0.410 e. The Labute approximate surface area is 236 Å². The van der Waals surface area contributed by atoms with Gasteiger partial charge in [-0.15, -0.1) is 0 Å². The van der Waals surface area contributed by atoms with Gasteiger partial charge in [0.1, 0.15) is 5.60 Å². The summed E-state index contributed by atoms with van der Waals surface area (Å²) in [5, 5.41) is 3.73. The highest BCUT2D eigenvalue weighted by Crippen LogP contribution is 2.40. The number of amides is 1. The second kappa shape index (κ2) is 11.7. The standard InChI is InChI=1S/C30H42BrN5O2/c1-20(2)36(21(3)32-7)19-23-16-22-10-8-9-11-25(22)28(27-26(23)17-24(31)18-33-27)34-12-14-35(15-13-34)29(37)38-30(4,5)6/h8-11,16-18,20,27-28,33H,12-15,19H2,1-7H3. The van der Waals surface area contributed by atoms with E-state index in [1.807, 2.05) is 32.7 Å². The van der Waals surface area contributed by atoms with E-state index >= 15 is 0 Å². The van der Waals surface area contributed by atoms with Gasteiger partial charge in [0.2, 0.25) is 0 Å². The van der Waals surface area contributed by atoms with Crippen molar-refractivity contribution in [2.24, 2.45) is 4.99 Å². The Morgan fingerprint density at radius 3 is 2.50 bits per heavy atom. The first-order valence-electron chi connectivity index (χ1n) is 13.5. The molecular formula is C30H42BrN5O2. The highest BCUT2D eigenvalue weighted by atomic mass is 79.9. The topological polar surface area (TPSA) is 60.4 Å². The van der Waals surface area contributed by atoms with Crippen molar-refractivity contribution in [2.75, 3.05) is 39.8 Å². The van der Waals surface area contributed by atoms with Crippen LogP contribution in [0.15, 0.2) is 57.2 Å². The van der Waals surface area contributed by atoms with Crippen molar-refractivity contribution in [2.45, 2.75) is 65.3 Å². The number of aliphatic imine (C=N–C) groups is 1. The van der Waals surface area contributed by atoms with E-state index in [1.165, 1.54) is 22.3 Å². The Hall–Kier alpha value is -2.58. The molecule has 3 aliphatic rings. The average molecular weight is 585 g/mol. The minimum atomic E-state index is -0.493. The Balaban J connectivity index is 1.67. The van der Waals surface area contributed by atoms with Gasteiger partial charge in [0.05, 0.1) is 17.9 Å². The van der Waals surface area contributed by atoms with Crippen LogP contribution in [0.2, 0.25) is 0 Å². The molecule has 1 amide bonds. The van der Waals surface area contributed by atoms with Crippen LogP contribution >= 0.6 is 15.9 Å². The molecule has 0 bridgehead atoms. The van der Waals surface area contributed by atoms with Crippen LogP contribution in [-0.4, -0.2) is 84.1 Å². The normalized spacial score (nSPS) is 22.4. The largest absolute Gasteiger partial charge is 0.444 e. The maximum absolute atomic E-state index is 12.7. The van der Waals surface area contributed by atoms with Crippen LogP contribution in [0.25, 0.3) is 6.08 Å². The van der Waals surface area contributed by atoms with Gasteiger partial charge in [0, 0.05) is 56.5 Å². The lowest BCUT2D eigenvalue weighted by atomic mass is 9.88. The van der Waals surface area contributed by atoms with Crippen LogP contribution in [0.5, 0.6) is 0 Å². The summed E-state index contributed by atoms with van der Waals surface area (Å²) in [4.78, 5) is 23.9. The fraction of sp³-hybridized carbons (Fsp3) is 0.533. The first-order chi connectivity index (χ1) is 18.0. The van der Waals surface area contributed by atoms with Gasteiger partial charge in [0.15, 0.2) is 0 Å². The number of nitrogens with one attached hydrogen (secondary N) is 1. The number of amidine groups is 1. The lowest BCUT2D eigenvalue weighted by molar-refractivity contribution is 0.00897. The molecule has 1 saturated heterocycles. The molecule has 2 aliphatic heterocycles. The molecule has 1 aromatic rings. The molecule has 7 nitrogen and oxygen atoms in total. The Kier molecular flexibility index (Phi) is 8.72. The maximum atomic E-state index is 12.7. The summed E-state index contributed by atoms with van der Waals surface area (Å²) in [6.45, 7) is 15.9. The number of ether oxygens (including phenoxy) is 1. The number of rotatable bonds is 4. The first-order valence-corrected chi connectivity index (χ1v) is 14.3. The number of carbonyl (C=O) groups excluding carboxylic acids is 1. The van der Waals surface area contributed by atoms with Gasteiger partial charge in [0.25, 0.3) is 0 Å². The molecule has 0 saturated carbocycles. The Morgan fingerprint density at radius 1 is 1.18 bits per heavy atom. The summed E-state index contributed by atoms with van der Waals surface area (Å²) >= 11 is 3.73. The Morgan fingerprint density at radius 2 is 1.87 bits per heavy atom. The van der Waals surface area contributed by atoms with Gasteiger partial charge in [-0.25, -0.2) is 4.79 Å². The van der Waals surface area contributed by atoms with E-state index in [0.29, 0.717) is 19.1 Å². The van der Waals surface area contributed by atoms with Crippen molar-refractivity contribution in [3.05, 3.63) is 63.3 Å². The molecule has 4 rings (SSSR count). The maximum Gasteiger partial charge on any atom is 0.410 e. The second-order valence-corrected chi connectivity index (χ2v) is 12.4. The van der Waals surface area contributed by atoms with Crippen molar-refractivity contribution < 1.29 is 9.53 Å². The summed E-state index contributed by atoms with van der Waals surface area (Å²) < 4.78 is 6.68. The minimum absolute atomic E-state index is 0.0761. The fourth-order valence-corrected chi connectivity index (χ4v) is 5.87. The fourth-order valence-electron chi connectivity index (χ4n) is 5.49. The number of benzene rings is 1. The summed E-state index contributed by atoms with van der Waals surface area (Å²) in [6.07, 6.45) is 6.45. The SMILES string of the molecule is CN=C(C)N(CC1=Cc2ccccc2C(N2CCN(C(=O)OC(C)(C)C)CC2)C2NC=C(Br)C=C12)C(C)C. The van der Waals surface area contributed by atoms with Gasteiger partial charge in [-0.1, -0.05) is 24.3 Å². The molecule has 1 aliphatic carbocycles. The van der Waals surface area contributed by atoms with E-state index in [1.54, 1.807) is 0 Å². The number of hydrogen-bond donors (Lipinski definition) is 1. The predicted octanol–water partition coefficient (Wildman–Crippen LogP) is 5.57. The lowest BCUT2D eigenvalue weighted by Gasteiger charge is -2.44. The van der Waals surface area contributed by atoms with Crippen molar-refractivity contribution >= 4 is 33.9 Å². The van der Waals surface area contributed by atoms with E-state index in [-0.39, 0.29) is 18.2 Å². The van der Waals surface area contributed by atoms with Crippen LogP contribution in [0, 0.1) is 0 Å². The van der Waals surface area contributed by atoms with Gasteiger partial charge >= 0.3 is 6.09 Å². The monoisotopic (exact) mass is 583 g/mol. The van der Waals surface area contributed by atoms with E-state index in [9.17, 15) is 4.79 Å². The third kappa shape index (κ3) is 6.34. The van der Waals surface area contributed by atoms with Crippen molar-refractivity contribution in [1.29, 1.82) is 0 Å². The van der Waals surface area contributed by atoms with Gasteiger partial charge in [-0.05, 0) is 91.9 Å². The third-order valence-electron chi connectivity index (χ3n) is 7.42.